The van der Waals surface area contributed by atoms with E-state index in [4.69, 9.17) is 0 Å². The van der Waals surface area contributed by atoms with Gasteiger partial charge in [-0.3, -0.25) is 4.98 Å². The van der Waals surface area contributed by atoms with Crippen molar-refractivity contribution < 1.29 is 0 Å². The fraction of sp³-hybridized carbons (Fsp3) is 0.667. The van der Waals surface area contributed by atoms with Crippen LogP contribution in [0.2, 0.25) is 0 Å². The minimum Gasteiger partial charge on any atom is -0.374 e. The van der Waals surface area contributed by atoms with Crippen molar-refractivity contribution >= 4 is 5.69 Å². The summed E-state index contributed by atoms with van der Waals surface area (Å²) < 4.78 is 0. The summed E-state index contributed by atoms with van der Waals surface area (Å²) in [5.74, 6) is 0.787. The Morgan fingerprint density at radius 2 is 2.37 bits per heavy atom. The van der Waals surface area contributed by atoms with Crippen LogP contribution >= 0.6 is 0 Å². The summed E-state index contributed by atoms with van der Waals surface area (Å²) in [5, 5.41) is 3.39. The van der Waals surface area contributed by atoms with E-state index in [0.29, 0.717) is 0 Å². The molecular weight excluding hydrogens is 236 g/mol. The quantitative estimate of drug-likeness (QED) is 0.843. The molecule has 0 radical (unpaired) electrons. The zero-order valence-electron chi connectivity index (χ0n) is 12.4. The third kappa shape index (κ3) is 3.91. The smallest absolute Gasteiger partial charge is 0.0440 e. The molecule has 0 aromatic carbocycles. The molecule has 1 aromatic heterocycles. The molecule has 2 heterocycles. The Labute approximate surface area is 116 Å². The van der Waals surface area contributed by atoms with E-state index in [1.54, 1.807) is 0 Å². The van der Waals surface area contributed by atoms with Crippen LogP contribution in [-0.4, -0.2) is 50.2 Å². The maximum Gasteiger partial charge on any atom is 0.0440 e. The maximum atomic E-state index is 4.25. The van der Waals surface area contributed by atoms with Crippen LogP contribution in [0.3, 0.4) is 0 Å². The van der Waals surface area contributed by atoms with Crippen LogP contribution in [0.1, 0.15) is 18.9 Å². The maximum absolute atomic E-state index is 4.25. The van der Waals surface area contributed by atoms with Crippen LogP contribution in [0.15, 0.2) is 18.5 Å². The third-order valence-electron chi connectivity index (χ3n) is 3.88. The van der Waals surface area contributed by atoms with Crippen molar-refractivity contribution in [3.8, 4) is 0 Å². The van der Waals surface area contributed by atoms with E-state index >= 15 is 0 Å². The van der Waals surface area contributed by atoms with Crippen molar-refractivity contribution in [3.63, 3.8) is 0 Å². The number of anilines is 1. The van der Waals surface area contributed by atoms with Gasteiger partial charge in [0.15, 0.2) is 0 Å². The fourth-order valence-electron chi connectivity index (χ4n) is 2.85. The van der Waals surface area contributed by atoms with Gasteiger partial charge < -0.3 is 15.1 Å². The zero-order chi connectivity index (χ0) is 13.7. The molecule has 1 atom stereocenters. The standard InChI is InChI=1S/C15H26N4/c1-4-16-9-14-10-17-7-5-15(14)19(3)12-13-6-8-18(2)11-13/h5,7,10,13,16H,4,6,8-9,11-12H2,1-3H3. The molecule has 1 aliphatic rings. The molecule has 4 nitrogen and oxygen atoms in total. The van der Waals surface area contributed by atoms with E-state index in [9.17, 15) is 0 Å². The van der Waals surface area contributed by atoms with E-state index in [1.807, 2.05) is 12.4 Å². The second kappa shape index (κ2) is 6.87. The molecule has 1 unspecified atom stereocenters. The second-order valence-corrected chi connectivity index (χ2v) is 5.58. The summed E-state index contributed by atoms with van der Waals surface area (Å²) in [6.07, 6.45) is 5.19. The number of aromatic nitrogens is 1. The summed E-state index contributed by atoms with van der Waals surface area (Å²) in [6.45, 7) is 7.61. The van der Waals surface area contributed by atoms with E-state index in [-0.39, 0.29) is 0 Å². The van der Waals surface area contributed by atoms with Gasteiger partial charge in [0.1, 0.15) is 0 Å². The van der Waals surface area contributed by atoms with Crippen molar-refractivity contribution in [2.45, 2.75) is 19.9 Å². The van der Waals surface area contributed by atoms with Crippen LogP contribution in [-0.2, 0) is 6.54 Å². The topological polar surface area (TPSA) is 31.4 Å². The predicted molar refractivity (Wildman–Crippen MR) is 80.5 cm³/mol. The number of hydrogen-bond acceptors (Lipinski definition) is 4. The first kappa shape index (κ1) is 14.3. The lowest BCUT2D eigenvalue weighted by atomic mass is 10.1. The highest BCUT2D eigenvalue weighted by atomic mass is 15.2. The molecule has 1 fully saturated rings. The van der Waals surface area contributed by atoms with Crippen LogP contribution in [0.4, 0.5) is 5.69 Å². The van der Waals surface area contributed by atoms with E-state index < -0.39 is 0 Å². The number of nitrogens with zero attached hydrogens (tertiary/aromatic N) is 3. The summed E-state index contributed by atoms with van der Waals surface area (Å²) in [5.41, 5.74) is 2.60. The average molecular weight is 262 g/mol. The molecule has 1 aromatic rings. The molecule has 0 amide bonds. The molecule has 1 aliphatic heterocycles. The summed E-state index contributed by atoms with van der Waals surface area (Å²) in [7, 11) is 4.41. The monoisotopic (exact) mass is 262 g/mol. The fourth-order valence-corrected chi connectivity index (χ4v) is 2.85. The zero-order valence-corrected chi connectivity index (χ0v) is 12.4. The summed E-state index contributed by atoms with van der Waals surface area (Å²) in [6, 6.07) is 2.13. The predicted octanol–water partition coefficient (Wildman–Crippen LogP) is 1.58. The SMILES string of the molecule is CCNCc1cnccc1N(C)CC1CCN(C)C1. The molecule has 106 valence electrons. The Morgan fingerprint density at radius 1 is 1.53 bits per heavy atom. The van der Waals surface area contributed by atoms with Gasteiger partial charge in [0.05, 0.1) is 0 Å². The number of likely N-dealkylation sites (tertiary alicyclic amines) is 1. The molecule has 0 bridgehead atoms. The lowest BCUT2D eigenvalue weighted by Gasteiger charge is -2.25. The molecule has 1 N–H and O–H groups in total. The Bertz CT molecular complexity index is 393. The van der Waals surface area contributed by atoms with Gasteiger partial charge in [-0.25, -0.2) is 0 Å². The first-order chi connectivity index (χ1) is 9.20. The van der Waals surface area contributed by atoms with E-state index in [1.165, 1.54) is 30.8 Å². The Morgan fingerprint density at radius 3 is 3.05 bits per heavy atom. The van der Waals surface area contributed by atoms with Gasteiger partial charge in [-0.05, 0) is 38.5 Å². The van der Waals surface area contributed by atoms with Crippen molar-refractivity contribution in [2.24, 2.45) is 5.92 Å². The number of rotatable bonds is 6. The van der Waals surface area contributed by atoms with E-state index in [0.717, 1.165) is 25.6 Å². The molecule has 2 rings (SSSR count). The molecule has 0 aliphatic carbocycles. The Kier molecular flexibility index (Phi) is 5.16. The first-order valence-electron chi connectivity index (χ1n) is 7.24. The van der Waals surface area contributed by atoms with E-state index in [2.05, 4.69) is 47.2 Å². The molecule has 1 saturated heterocycles. The van der Waals surface area contributed by atoms with Crippen LogP contribution in [0.25, 0.3) is 0 Å². The normalized spacial score (nSPS) is 19.8. The molecule has 4 heteroatoms. The Balaban J connectivity index is 1.99. The minimum atomic E-state index is 0.787. The number of pyridine rings is 1. The van der Waals surface area contributed by atoms with Crippen LogP contribution in [0, 0.1) is 5.92 Å². The minimum absolute atomic E-state index is 0.787. The van der Waals surface area contributed by atoms with Gasteiger partial charge >= 0.3 is 0 Å². The van der Waals surface area contributed by atoms with Gasteiger partial charge in [-0.1, -0.05) is 6.92 Å². The van der Waals surface area contributed by atoms with Gasteiger partial charge in [0, 0.05) is 50.3 Å². The molecule has 19 heavy (non-hydrogen) atoms. The highest BCUT2D eigenvalue weighted by Gasteiger charge is 2.21. The lowest BCUT2D eigenvalue weighted by molar-refractivity contribution is 0.396. The molecule has 0 saturated carbocycles. The Hall–Kier alpha value is -1.13. The number of nitrogens with one attached hydrogen (secondary N) is 1. The second-order valence-electron chi connectivity index (χ2n) is 5.58. The highest BCUT2D eigenvalue weighted by Crippen LogP contribution is 2.22. The van der Waals surface area contributed by atoms with Crippen LogP contribution < -0.4 is 10.2 Å². The summed E-state index contributed by atoms with van der Waals surface area (Å²) >= 11 is 0. The van der Waals surface area contributed by atoms with Crippen molar-refractivity contribution in [1.29, 1.82) is 0 Å². The third-order valence-corrected chi connectivity index (χ3v) is 3.88. The van der Waals surface area contributed by atoms with Gasteiger partial charge in [-0.15, -0.1) is 0 Å². The van der Waals surface area contributed by atoms with Crippen molar-refractivity contribution in [1.82, 2.24) is 15.2 Å². The van der Waals surface area contributed by atoms with Gasteiger partial charge in [0.25, 0.3) is 0 Å². The molecule has 0 spiro atoms. The van der Waals surface area contributed by atoms with Crippen LogP contribution in [0.5, 0.6) is 0 Å². The van der Waals surface area contributed by atoms with Gasteiger partial charge in [-0.2, -0.15) is 0 Å². The largest absolute Gasteiger partial charge is 0.374 e. The van der Waals surface area contributed by atoms with Crippen molar-refractivity contribution in [3.05, 3.63) is 24.0 Å². The lowest BCUT2D eigenvalue weighted by Crippen LogP contribution is -2.28. The highest BCUT2D eigenvalue weighted by molar-refractivity contribution is 5.51. The first-order valence-corrected chi connectivity index (χ1v) is 7.24. The van der Waals surface area contributed by atoms with Crippen molar-refractivity contribution in [2.75, 3.05) is 45.2 Å². The average Bonchev–Trinajstić information content (AvgIpc) is 2.82. The molecular formula is C15H26N4. The van der Waals surface area contributed by atoms with Gasteiger partial charge in [0.2, 0.25) is 0 Å². The number of hydrogen-bond donors (Lipinski definition) is 1. The summed E-state index contributed by atoms with van der Waals surface area (Å²) in [4.78, 5) is 9.06.